The highest BCUT2D eigenvalue weighted by Crippen LogP contribution is 2.02. The molecule has 0 heterocycles. The molecule has 4 heteroatoms. The molecule has 0 unspecified atom stereocenters. The van der Waals surface area contributed by atoms with Crippen LogP contribution in [0.25, 0.3) is 0 Å². The monoisotopic (exact) mass is 302 g/mol. The fraction of sp³-hybridized carbons (Fsp3) is 0.882. The summed E-state index contributed by atoms with van der Waals surface area (Å²) in [7, 11) is 0. The van der Waals surface area contributed by atoms with Crippen molar-refractivity contribution in [1.29, 1.82) is 0 Å². The maximum Gasteiger partial charge on any atom is 0.317 e. The number of carbonyl (C=O) groups is 2. The first-order chi connectivity index (χ1) is 9.83. The van der Waals surface area contributed by atoms with E-state index in [9.17, 15) is 9.59 Å². The minimum atomic E-state index is -0.500. The lowest BCUT2D eigenvalue weighted by atomic mass is 10.1. The number of ether oxygens (including phenoxy) is 2. The SMILES string of the molecule is CC(C)CCOC(=O)CC(=O)OCCC(C)C.CCCC. The molecule has 0 bridgehead atoms. The van der Waals surface area contributed by atoms with Gasteiger partial charge in [0.25, 0.3) is 0 Å². The van der Waals surface area contributed by atoms with Crippen LogP contribution < -0.4 is 0 Å². The molecule has 0 N–H and O–H groups in total. The van der Waals surface area contributed by atoms with Crippen LogP contribution in [0.3, 0.4) is 0 Å². The Kier molecular flexibility index (Phi) is 16.2. The van der Waals surface area contributed by atoms with E-state index in [1.165, 1.54) is 12.8 Å². The van der Waals surface area contributed by atoms with Crippen LogP contribution in [0.4, 0.5) is 0 Å². The summed E-state index contributed by atoms with van der Waals surface area (Å²) in [6.45, 7) is 13.3. The van der Waals surface area contributed by atoms with Crippen LogP contribution in [-0.2, 0) is 19.1 Å². The van der Waals surface area contributed by atoms with Gasteiger partial charge in [-0.3, -0.25) is 9.59 Å². The number of unbranched alkanes of at least 4 members (excludes halogenated alkanes) is 1. The number of esters is 2. The zero-order valence-corrected chi connectivity index (χ0v) is 14.7. The van der Waals surface area contributed by atoms with Gasteiger partial charge in [0.2, 0.25) is 0 Å². The van der Waals surface area contributed by atoms with Crippen molar-refractivity contribution < 1.29 is 19.1 Å². The smallest absolute Gasteiger partial charge is 0.317 e. The van der Waals surface area contributed by atoms with Crippen molar-refractivity contribution in [3.8, 4) is 0 Å². The molecule has 0 aromatic carbocycles. The van der Waals surface area contributed by atoms with Crippen molar-refractivity contribution >= 4 is 11.9 Å². The molecule has 0 rings (SSSR count). The summed E-state index contributed by atoms with van der Waals surface area (Å²) in [6, 6.07) is 0. The van der Waals surface area contributed by atoms with Gasteiger partial charge >= 0.3 is 11.9 Å². The van der Waals surface area contributed by atoms with Crippen LogP contribution >= 0.6 is 0 Å². The van der Waals surface area contributed by atoms with E-state index in [1.807, 2.05) is 27.7 Å². The summed E-state index contributed by atoms with van der Waals surface area (Å²) in [6.07, 6.45) is 3.98. The molecule has 0 aliphatic heterocycles. The van der Waals surface area contributed by atoms with Crippen molar-refractivity contribution in [3.63, 3.8) is 0 Å². The topological polar surface area (TPSA) is 52.6 Å². The molecule has 0 radical (unpaired) electrons. The lowest BCUT2D eigenvalue weighted by Crippen LogP contribution is -2.16. The molecule has 0 spiro atoms. The standard InChI is InChI=1S/C13H24O4.C4H10/c1-10(2)5-7-16-12(14)9-13(15)17-8-6-11(3)4;1-3-4-2/h10-11H,5-9H2,1-4H3;3-4H2,1-2H3. The number of carbonyl (C=O) groups excluding carboxylic acids is 2. The van der Waals surface area contributed by atoms with Gasteiger partial charge in [0.15, 0.2) is 0 Å². The molecule has 0 aromatic rings. The third kappa shape index (κ3) is 21.4. The fourth-order valence-electron chi connectivity index (χ4n) is 1.04. The largest absolute Gasteiger partial charge is 0.465 e. The lowest BCUT2D eigenvalue weighted by molar-refractivity contribution is -0.154. The Morgan fingerprint density at radius 1 is 0.762 bits per heavy atom. The van der Waals surface area contributed by atoms with Crippen LogP contribution in [-0.4, -0.2) is 25.2 Å². The van der Waals surface area contributed by atoms with E-state index in [4.69, 9.17) is 9.47 Å². The number of hydrogen-bond donors (Lipinski definition) is 0. The Balaban J connectivity index is 0. The number of hydrogen-bond acceptors (Lipinski definition) is 4. The highest BCUT2D eigenvalue weighted by molar-refractivity contribution is 5.91. The van der Waals surface area contributed by atoms with Crippen molar-refractivity contribution in [2.75, 3.05) is 13.2 Å². The summed E-state index contributed by atoms with van der Waals surface area (Å²) in [4.78, 5) is 22.4. The van der Waals surface area contributed by atoms with Gasteiger partial charge in [-0.2, -0.15) is 0 Å². The zero-order valence-electron chi connectivity index (χ0n) is 14.7. The van der Waals surface area contributed by atoms with E-state index < -0.39 is 11.9 Å². The van der Waals surface area contributed by atoms with Gasteiger partial charge in [-0.1, -0.05) is 54.4 Å². The normalized spacial score (nSPS) is 10.1. The van der Waals surface area contributed by atoms with Gasteiger partial charge in [-0.25, -0.2) is 0 Å². The highest BCUT2D eigenvalue weighted by Gasteiger charge is 2.12. The molecule has 0 saturated heterocycles. The van der Waals surface area contributed by atoms with E-state index in [1.54, 1.807) is 0 Å². The highest BCUT2D eigenvalue weighted by atomic mass is 16.6. The van der Waals surface area contributed by atoms with Crippen molar-refractivity contribution in [3.05, 3.63) is 0 Å². The number of rotatable bonds is 9. The van der Waals surface area contributed by atoms with Crippen LogP contribution in [0.1, 0.15) is 73.6 Å². The average Bonchev–Trinajstić information content (AvgIpc) is 2.38. The van der Waals surface area contributed by atoms with Crippen molar-refractivity contribution in [1.82, 2.24) is 0 Å². The quantitative estimate of drug-likeness (QED) is 0.469. The second kappa shape index (κ2) is 15.3. The Morgan fingerprint density at radius 3 is 1.33 bits per heavy atom. The summed E-state index contributed by atoms with van der Waals surface area (Å²) in [5.41, 5.74) is 0. The summed E-state index contributed by atoms with van der Waals surface area (Å²) in [5, 5.41) is 0. The van der Waals surface area contributed by atoms with E-state index in [0.29, 0.717) is 25.0 Å². The van der Waals surface area contributed by atoms with Gasteiger partial charge in [0.05, 0.1) is 13.2 Å². The molecular formula is C17H34O4. The summed E-state index contributed by atoms with van der Waals surface area (Å²) >= 11 is 0. The molecule has 0 saturated carbocycles. The van der Waals surface area contributed by atoms with Gasteiger partial charge in [-0.15, -0.1) is 0 Å². The first kappa shape index (κ1) is 22.2. The van der Waals surface area contributed by atoms with Crippen LogP contribution in [0.15, 0.2) is 0 Å². The molecule has 0 amide bonds. The first-order valence-corrected chi connectivity index (χ1v) is 8.14. The van der Waals surface area contributed by atoms with Crippen LogP contribution in [0.2, 0.25) is 0 Å². The van der Waals surface area contributed by atoms with E-state index in [2.05, 4.69) is 13.8 Å². The van der Waals surface area contributed by atoms with Crippen molar-refractivity contribution in [2.45, 2.75) is 73.6 Å². The average molecular weight is 302 g/mol. The summed E-state index contributed by atoms with van der Waals surface area (Å²) in [5.74, 6) is -0.0259. The molecule has 0 aliphatic rings. The van der Waals surface area contributed by atoms with E-state index in [-0.39, 0.29) is 6.42 Å². The Labute approximate surface area is 130 Å². The summed E-state index contributed by atoms with van der Waals surface area (Å²) < 4.78 is 9.82. The third-order valence-corrected chi connectivity index (χ3v) is 2.71. The van der Waals surface area contributed by atoms with Gasteiger partial charge in [0, 0.05) is 0 Å². The Bertz CT molecular complexity index is 234. The molecule has 4 nitrogen and oxygen atoms in total. The predicted molar refractivity (Wildman–Crippen MR) is 86.0 cm³/mol. The van der Waals surface area contributed by atoms with E-state index in [0.717, 1.165) is 12.8 Å². The van der Waals surface area contributed by atoms with Crippen LogP contribution in [0.5, 0.6) is 0 Å². The van der Waals surface area contributed by atoms with Crippen molar-refractivity contribution in [2.24, 2.45) is 11.8 Å². The zero-order chi connectivity index (χ0) is 16.7. The van der Waals surface area contributed by atoms with Gasteiger partial charge in [-0.05, 0) is 24.7 Å². The molecule has 0 atom stereocenters. The van der Waals surface area contributed by atoms with Gasteiger partial charge in [0.1, 0.15) is 6.42 Å². The Morgan fingerprint density at radius 2 is 1.10 bits per heavy atom. The molecular weight excluding hydrogens is 268 g/mol. The molecule has 126 valence electrons. The molecule has 0 aromatic heterocycles. The predicted octanol–water partition coefficient (Wildman–Crippen LogP) is 4.36. The lowest BCUT2D eigenvalue weighted by Gasteiger charge is -2.08. The maximum atomic E-state index is 11.2. The first-order valence-electron chi connectivity index (χ1n) is 8.14. The maximum absolute atomic E-state index is 11.2. The Hall–Kier alpha value is -1.06. The van der Waals surface area contributed by atoms with E-state index >= 15 is 0 Å². The second-order valence-corrected chi connectivity index (χ2v) is 5.98. The minimum Gasteiger partial charge on any atom is -0.465 e. The minimum absolute atomic E-state index is 0.282. The van der Waals surface area contributed by atoms with Crippen LogP contribution in [0, 0.1) is 11.8 Å². The second-order valence-electron chi connectivity index (χ2n) is 5.98. The fourth-order valence-corrected chi connectivity index (χ4v) is 1.04. The third-order valence-electron chi connectivity index (χ3n) is 2.71. The molecule has 0 aliphatic carbocycles. The molecule has 0 fully saturated rings. The molecule has 21 heavy (non-hydrogen) atoms. The van der Waals surface area contributed by atoms with Gasteiger partial charge < -0.3 is 9.47 Å².